The summed E-state index contributed by atoms with van der Waals surface area (Å²) in [6.45, 7) is 1.88. The first-order valence-corrected chi connectivity index (χ1v) is 4.57. The molecule has 12 heavy (non-hydrogen) atoms. The van der Waals surface area contributed by atoms with E-state index in [0.29, 0.717) is 5.41 Å². The van der Waals surface area contributed by atoms with E-state index in [4.69, 9.17) is 4.74 Å². The van der Waals surface area contributed by atoms with Gasteiger partial charge in [-0.15, -0.1) is 0 Å². The monoisotopic (exact) mass is 169 g/mol. The van der Waals surface area contributed by atoms with Crippen LogP contribution in [0.25, 0.3) is 0 Å². The number of hydrogen-bond donors (Lipinski definition) is 1. The molecule has 1 aliphatic heterocycles. The molecule has 0 radical (unpaired) electrons. The summed E-state index contributed by atoms with van der Waals surface area (Å²) < 4.78 is 4.79. The third kappa shape index (κ3) is 1.12. The molecule has 0 bridgehead atoms. The van der Waals surface area contributed by atoms with Crippen molar-refractivity contribution in [1.82, 2.24) is 5.32 Å². The van der Waals surface area contributed by atoms with E-state index in [-0.39, 0.29) is 11.9 Å². The van der Waals surface area contributed by atoms with E-state index in [2.05, 4.69) is 5.32 Å². The minimum absolute atomic E-state index is 0.0281. The van der Waals surface area contributed by atoms with Gasteiger partial charge in [-0.05, 0) is 31.2 Å². The Hall–Kier alpha value is -0.570. The molecule has 0 aromatic heterocycles. The molecule has 0 amide bonds. The quantitative estimate of drug-likeness (QED) is 0.582. The number of rotatable bonds is 1. The minimum atomic E-state index is -0.0281. The van der Waals surface area contributed by atoms with E-state index in [1.165, 1.54) is 20.0 Å². The second kappa shape index (κ2) is 2.73. The van der Waals surface area contributed by atoms with Gasteiger partial charge >= 0.3 is 5.97 Å². The Balaban J connectivity index is 2.06. The van der Waals surface area contributed by atoms with E-state index in [1.54, 1.807) is 0 Å². The standard InChI is InChI=1S/C9H15NO2/c1-12-8(11)7-6-10-5-4-9(7)2-3-9/h7,10H,2-6H2,1H3. The van der Waals surface area contributed by atoms with Gasteiger partial charge in [0.05, 0.1) is 13.0 Å². The van der Waals surface area contributed by atoms with E-state index in [9.17, 15) is 4.79 Å². The number of carbonyl (C=O) groups excluding carboxylic acids is 1. The summed E-state index contributed by atoms with van der Waals surface area (Å²) in [7, 11) is 1.48. The van der Waals surface area contributed by atoms with Crippen LogP contribution in [0.3, 0.4) is 0 Å². The Bertz CT molecular complexity index is 199. The summed E-state index contributed by atoms with van der Waals surface area (Å²) in [6, 6.07) is 0. The van der Waals surface area contributed by atoms with Crippen molar-refractivity contribution in [3.63, 3.8) is 0 Å². The Morgan fingerprint density at radius 3 is 2.83 bits per heavy atom. The number of ether oxygens (including phenoxy) is 1. The molecule has 1 saturated heterocycles. The molecule has 1 N–H and O–H groups in total. The molecule has 1 aliphatic carbocycles. The van der Waals surface area contributed by atoms with Gasteiger partial charge in [0.25, 0.3) is 0 Å². The smallest absolute Gasteiger partial charge is 0.310 e. The van der Waals surface area contributed by atoms with Crippen molar-refractivity contribution in [2.24, 2.45) is 11.3 Å². The molecule has 1 atom stereocenters. The average Bonchev–Trinajstić information content (AvgIpc) is 2.85. The molecule has 0 aromatic carbocycles. The van der Waals surface area contributed by atoms with Gasteiger partial charge in [0.2, 0.25) is 0 Å². The van der Waals surface area contributed by atoms with Crippen molar-refractivity contribution in [3.8, 4) is 0 Å². The summed E-state index contributed by atoms with van der Waals surface area (Å²) in [5.41, 5.74) is 0.332. The van der Waals surface area contributed by atoms with Crippen LogP contribution in [0.1, 0.15) is 19.3 Å². The fourth-order valence-electron chi connectivity index (χ4n) is 2.21. The highest BCUT2D eigenvalue weighted by molar-refractivity contribution is 5.74. The summed E-state index contributed by atoms with van der Waals surface area (Å²) in [5, 5.41) is 3.24. The third-order valence-corrected chi connectivity index (χ3v) is 3.27. The first-order valence-electron chi connectivity index (χ1n) is 4.57. The van der Waals surface area contributed by atoms with Crippen molar-refractivity contribution >= 4 is 5.97 Å². The molecule has 1 spiro atoms. The summed E-state index contributed by atoms with van der Waals surface area (Å²) in [5.74, 6) is 0.0935. The van der Waals surface area contributed by atoms with Crippen LogP contribution in [0.5, 0.6) is 0 Å². The van der Waals surface area contributed by atoms with Crippen molar-refractivity contribution in [3.05, 3.63) is 0 Å². The van der Waals surface area contributed by atoms with Crippen LogP contribution in [-0.2, 0) is 9.53 Å². The van der Waals surface area contributed by atoms with Crippen LogP contribution >= 0.6 is 0 Å². The highest BCUT2D eigenvalue weighted by Gasteiger charge is 2.53. The Labute approximate surface area is 72.5 Å². The lowest BCUT2D eigenvalue weighted by Gasteiger charge is -2.30. The lowest BCUT2D eigenvalue weighted by atomic mass is 9.83. The second-order valence-electron chi connectivity index (χ2n) is 3.89. The first kappa shape index (κ1) is 8.05. The fraction of sp³-hybridized carbons (Fsp3) is 0.889. The number of hydrogen-bond acceptors (Lipinski definition) is 3. The Morgan fingerprint density at radius 1 is 1.50 bits per heavy atom. The van der Waals surface area contributed by atoms with Gasteiger partial charge in [0.1, 0.15) is 0 Å². The molecular weight excluding hydrogens is 154 g/mol. The highest BCUT2D eigenvalue weighted by atomic mass is 16.5. The van der Waals surface area contributed by atoms with Crippen LogP contribution in [0, 0.1) is 11.3 Å². The van der Waals surface area contributed by atoms with Gasteiger partial charge in [-0.2, -0.15) is 0 Å². The SMILES string of the molecule is COC(=O)C1CNCCC12CC2. The van der Waals surface area contributed by atoms with Gasteiger partial charge < -0.3 is 10.1 Å². The van der Waals surface area contributed by atoms with Crippen molar-refractivity contribution in [2.45, 2.75) is 19.3 Å². The van der Waals surface area contributed by atoms with E-state index >= 15 is 0 Å². The zero-order valence-corrected chi connectivity index (χ0v) is 7.43. The van der Waals surface area contributed by atoms with Gasteiger partial charge in [-0.25, -0.2) is 0 Å². The zero-order chi connectivity index (χ0) is 8.60. The van der Waals surface area contributed by atoms with Crippen LogP contribution in [0.4, 0.5) is 0 Å². The Morgan fingerprint density at radius 2 is 2.25 bits per heavy atom. The summed E-state index contributed by atoms with van der Waals surface area (Å²) in [4.78, 5) is 11.4. The molecule has 2 fully saturated rings. The predicted octanol–water partition coefficient (Wildman–Crippen LogP) is 0.549. The van der Waals surface area contributed by atoms with Crippen LogP contribution in [0.15, 0.2) is 0 Å². The van der Waals surface area contributed by atoms with E-state index in [1.807, 2.05) is 0 Å². The largest absolute Gasteiger partial charge is 0.469 e. The van der Waals surface area contributed by atoms with E-state index < -0.39 is 0 Å². The molecule has 2 aliphatic rings. The van der Waals surface area contributed by atoms with Gasteiger partial charge in [-0.1, -0.05) is 0 Å². The number of piperidine rings is 1. The summed E-state index contributed by atoms with van der Waals surface area (Å²) >= 11 is 0. The normalized spacial score (nSPS) is 31.6. The number of esters is 1. The van der Waals surface area contributed by atoms with Crippen molar-refractivity contribution in [1.29, 1.82) is 0 Å². The maximum atomic E-state index is 11.4. The lowest BCUT2D eigenvalue weighted by molar-refractivity contribution is -0.148. The third-order valence-electron chi connectivity index (χ3n) is 3.27. The fourth-order valence-corrected chi connectivity index (χ4v) is 2.21. The first-order chi connectivity index (χ1) is 5.78. The predicted molar refractivity (Wildman–Crippen MR) is 44.7 cm³/mol. The van der Waals surface area contributed by atoms with Crippen molar-refractivity contribution < 1.29 is 9.53 Å². The van der Waals surface area contributed by atoms with Gasteiger partial charge in [-0.3, -0.25) is 4.79 Å². The molecular formula is C9H15NO2. The number of nitrogens with one attached hydrogen (secondary N) is 1. The Kier molecular flexibility index (Phi) is 1.83. The molecule has 1 heterocycles. The molecule has 3 heteroatoms. The topological polar surface area (TPSA) is 38.3 Å². The molecule has 1 unspecified atom stereocenters. The highest BCUT2D eigenvalue weighted by Crippen LogP contribution is 2.56. The van der Waals surface area contributed by atoms with Crippen LogP contribution < -0.4 is 5.32 Å². The molecule has 2 rings (SSSR count). The number of carbonyl (C=O) groups is 1. The lowest BCUT2D eigenvalue weighted by Crippen LogP contribution is -2.42. The number of methoxy groups -OCH3 is 1. The second-order valence-corrected chi connectivity index (χ2v) is 3.89. The maximum absolute atomic E-state index is 11.4. The van der Waals surface area contributed by atoms with Crippen molar-refractivity contribution in [2.75, 3.05) is 20.2 Å². The van der Waals surface area contributed by atoms with Crippen LogP contribution in [0.2, 0.25) is 0 Å². The molecule has 3 nitrogen and oxygen atoms in total. The maximum Gasteiger partial charge on any atom is 0.310 e. The summed E-state index contributed by atoms with van der Waals surface area (Å²) in [6.07, 6.45) is 3.58. The molecule has 0 aromatic rings. The average molecular weight is 169 g/mol. The zero-order valence-electron chi connectivity index (χ0n) is 7.43. The van der Waals surface area contributed by atoms with Gasteiger partial charge in [0, 0.05) is 6.54 Å². The molecule has 1 saturated carbocycles. The van der Waals surface area contributed by atoms with Crippen LogP contribution in [-0.4, -0.2) is 26.2 Å². The minimum Gasteiger partial charge on any atom is -0.469 e. The van der Waals surface area contributed by atoms with Gasteiger partial charge in [0.15, 0.2) is 0 Å². The molecule has 68 valence electrons. The van der Waals surface area contributed by atoms with E-state index in [0.717, 1.165) is 19.5 Å².